The highest BCUT2D eigenvalue weighted by Crippen LogP contribution is 2.36. The molecule has 2 atom stereocenters. The van der Waals surface area contributed by atoms with Gasteiger partial charge >= 0.3 is 0 Å². The first-order valence-corrected chi connectivity index (χ1v) is 9.94. The fraction of sp³-hybridized carbons (Fsp3) is 0.471. The number of likely N-dealkylation sites (tertiary alicyclic amines) is 1. The van der Waals surface area contributed by atoms with Crippen molar-refractivity contribution in [2.75, 3.05) is 12.8 Å². The Morgan fingerprint density at radius 2 is 2.00 bits per heavy atom. The molecule has 1 aromatic carbocycles. The zero-order valence-corrected chi connectivity index (χ0v) is 14.5. The van der Waals surface area contributed by atoms with Crippen LogP contribution in [0.25, 0.3) is 11.0 Å². The molecule has 0 bridgehead atoms. The molecule has 0 radical (unpaired) electrons. The number of benzene rings is 1. The number of para-hydroxylation sites is 1. The molecule has 1 aromatic heterocycles. The van der Waals surface area contributed by atoms with Crippen molar-refractivity contribution < 1.29 is 17.6 Å². The summed E-state index contributed by atoms with van der Waals surface area (Å²) in [6.07, 6.45) is 2.16. The lowest BCUT2D eigenvalue weighted by Gasteiger charge is -2.24. The summed E-state index contributed by atoms with van der Waals surface area (Å²) in [5.74, 6) is 0.779. The minimum Gasteiger partial charge on any atom is -0.459 e. The van der Waals surface area contributed by atoms with E-state index in [2.05, 4.69) is 0 Å². The van der Waals surface area contributed by atoms with E-state index in [4.69, 9.17) is 4.42 Å². The smallest absolute Gasteiger partial charge is 0.224 e. The number of carbonyl (C=O) groups excluding carboxylic acids is 1. The van der Waals surface area contributed by atoms with E-state index in [1.165, 1.54) is 10.6 Å². The first kappa shape index (κ1) is 15.7. The zero-order chi connectivity index (χ0) is 17.1. The standard InChI is InChI=1S/C17H20N2O4S/c1-11-12-5-3-4-6-15(12)23-16(11)10-18-13-7-8-19(24(2,21)22)14(13)9-17(18)20/h3-6,13-14H,7-10H2,1-2H3/t13-,14-/m0/s1. The molecule has 24 heavy (non-hydrogen) atoms. The molecule has 2 fully saturated rings. The van der Waals surface area contributed by atoms with Crippen molar-refractivity contribution in [1.82, 2.24) is 9.21 Å². The van der Waals surface area contributed by atoms with Gasteiger partial charge in [0.05, 0.1) is 24.9 Å². The van der Waals surface area contributed by atoms with Gasteiger partial charge in [0.25, 0.3) is 0 Å². The molecule has 0 spiro atoms. The molecule has 2 aliphatic rings. The third-order valence-corrected chi connectivity index (χ3v) is 6.55. The number of sulfonamides is 1. The summed E-state index contributed by atoms with van der Waals surface area (Å²) in [6.45, 7) is 2.88. The number of nitrogens with zero attached hydrogens (tertiary/aromatic N) is 2. The third-order valence-electron chi connectivity index (χ3n) is 5.25. The summed E-state index contributed by atoms with van der Waals surface area (Å²) in [5.41, 5.74) is 1.86. The van der Waals surface area contributed by atoms with Crippen LogP contribution in [0.3, 0.4) is 0 Å². The van der Waals surface area contributed by atoms with Crippen LogP contribution in [0, 0.1) is 6.92 Å². The van der Waals surface area contributed by atoms with E-state index < -0.39 is 10.0 Å². The average molecular weight is 348 g/mol. The number of carbonyl (C=O) groups is 1. The molecule has 0 saturated carbocycles. The number of hydrogen-bond acceptors (Lipinski definition) is 4. The maximum absolute atomic E-state index is 12.5. The quantitative estimate of drug-likeness (QED) is 0.849. The van der Waals surface area contributed by atoms with E-state index in [0.29, 0.717) is 19.5 Å². The van der Waals surface area contributed by atoms with Crippen molar-refractivity contribution in [3.8, 4) is 0 Å². The highest BCUT2D eigenvalue weighted by molar-refractivity contribution is 7.88. The van der Waals surface area contributed by atoms with Crippen LogP contribution in [0.2, 0.25) is 0 Å². The van der Waals surface area contributed by atoms with Crippen molar-refractivity contribution in [2.24, 2.45) is 0 Å². The first-order chi connectivity index (χ1) is 11.4. The summed E-state index contributed by atoms with van der Waals surface area (Å²) in [6, 6.07) is 7.52. The van der Waals surface area contributed by atoms with Crippen LogP contribution < -0.4 is 0 Å². The van der Waals surface area contributed by atoms with E-state index in [1.54, 1.807) is 4.90 Å². The van der Waals surface area contributed by atoms with Crippen LogP contribution in [-0.2, 0) is 21.4 Å². The second kappa shape index (κ2) is 5.32. The highest BCUT2D eigenvalue weighted by atomic mass is 32.2. The molecule has 128 valence electrons. The molecule has 2 saturated heterocycles. The monoisotopic (exact) mass is 348 g/mol. The molecule has 0 N–H and O–H groups in total. The summed E-state index contributed by atoms with van der Waals surface area (Å²) in [5, 5.41) is 1.06. The number of aryl methyl sites for hydroxylation is 1. The fourth-order valence-electron chi connectivity index (χ4n) is 4.04. The summed E-state index contributed by atoms with van der Waals surface area (Å²) >= 11 is 0. The van der Waals surface area contributed by atoms with Gasteiger partial charge in [-0.2, -0.15) is 4.31 Å². The van der Waals surface area contributed by atoms with Crippen molar-refractivity contribution in [3.63, 3.8) is 0 Å². The van der Waals surface area contributed by atoms with Gasteiger partial charge in [-0.1, -0.05) is 18.2 Å². The summed E-state index contributed by atoms with van der Waals surface area (Å²) in [4.78, 5) is 14.2. The SMILES string of the molecule is Cc1c(CN2C(=O)C[C@H]3[C@@H]2CCN3S(C)(=O)=O)oc2ccccc12. The van der Waals surface area contributed by atoms with Gasteiger partial charge in [0.1, 0.15) is 11.3 Å². The first-order valence-electron chi connectivity index (χ1n) is 8.09. The average Bonchev–Trinajstić information content (AvgIpc) is 3.14. The van der Waals surface area contributed by atoms with Crippen LogP contribution in [0.4, 0.5) is 0 Å². The molecule has 4 rings (SSSR count). The molecular weight excluding hydrogens is 328 g/mol. The molecule has 2 aliphatic heterocycles. The van der Waals surface area contributed by atoms with Crippen LogP contribution in [0.15, 0.2) is 28.7 Å². The Kier molecular flexibility index (Phi) is 3.47. The molecule has 3 heterocycles. The molecule has 2 aromatic rings. The van der Waals surface area contributed by atoms with Crippen LogP contribution in [-0.4, -0.2) is 48.4 Å². The Morgan fingerprint density at radius 1 is 1.25 bits per heavy atom. The molecule has 0 unspecified atom stereocenters. The summed E-state index contributed by atoms with van der Waals surface area (Å²) < 4.78 is 31.2. The lowest BCUT2D eigenvalue weighted by molar-refractivity contribution is -0.129. The Morgan fingerprint density at radius 3 is 2.71 bits per heavy atom. The van der Waals surface area contributed by atoms with E-state index in [1.807, 2.05) is 31.2 Å². The van der Waals surface area contributed by atoms with Gasteiger partial charge in [-0.05, 0) is 19.4 Å². The van der Waals surface area contributed by atoms with Crippen LogP contribution >= 0.6 is 0 Å². The van der Waals surface area contributed by atoms with E-state index >= 15 is 0 Å². The van der Waals surface area contributed by atoms with Crippen molar-refractivity contribution in [3.05, 3.63) is 35.6 Å². The second-order valence-electron chi connectivity index (χ2n) is 6.67. The van der Waals surface area contributed by atoms with Crippen LogP contribution in [0.5, 0.6) is 0 Å². The predicted molar refractivity (Wildman–Crippen MR) is 89.9 cm³/mol. The van der Waals surface area contributed by atoms with E-state index in [0.717, 1.165) is 22.3 Å². The van der Waals surface area contributed by atoms with E-state index in [9.17, 15) is 13.2 Å². The van der Waals surface area contributed by atoms with Gasteiger partial charge < -0.3 is 9.32 Å². The molecule has 6 nitrogen and oxygen atoms in total. The minimum atomic E-state index is -3.27. The van der Waals surface area contributed by atoms with Gasteiger partial charge in [0.15, 0.2) is 0 Å². The van der Waals surface area contributed by atoms with Gasteiger partial charge in [-0.3, -0.25) is 4.79 Å². The van der Waals surface area contributed by atoms with Gasteiger partial charge in [-0.15, -0.1) is 0 Å². The van der Waals surface area contributed by atoms with Gasteiger partial charge in [0, 0.05) is 23.9 Å². The largest absolute Gasteiger partial charge is 0.459 e. The van der Waals surface area contributed by atoms with Crippen molar-refractivity contribution >= 4 is 26.9 Å². The lowest BCUT2D eigenvalue weighted by atomic mass is 10.1. The van der Waals surface area contributed by atoms with Crippen LogP contribution in [0.1, 0.15) is 24.2 Å². The Hall–Kier alpha value is -1.86. The Labute approximate surface area is 141 Å². The number of fused-ring (bicyclic) bond motifs is 2. The normalized spacial score (nSPS) is 24.9. The molecule has 1 amide bonds. The fourth-order valence-corrected chi connectivity index (χ4v) is 5.18. The highest BCUT2D eigenvalue weighted by Gasteiger charge is 2.49. The van der Waals surface area contributed by atoms with Gasteiger partial charge in [0.2, 0.25) is 15.9 Å². The second-order valence-corrected chi connectivity index (χ2v) is 8.60. The summed E-state index contributed by atoms with van der Waals surface area (Å²) in [7, 11) is -3.27. The molecule has 7 heteroatoms. The van der Waals surface area contributed by atoms with Gasteiger partial charge in [-0.25, -0.2) is 8.42 Å². The van der Waals surface area contributed by atoms with Crippen molar-refractivity contribution in [2.45, 2.75) is 38.4 Å². The molecule has 0 aliphatic carbocycles. The minimum absolute atomic E-state index is 0.00166. The number of hydrogen-bond donors (Lipinski definition) is 0. The molecular formula is C17H20N2O4S. The topological polar surface area (TPSA) is 70.8 Å². The van der Waals surface area contributed by atoms with E-state index in [-0.39, 0.29) is 24.4 Å². The zero-order valence-electron chi connectivity index (χ0n) is 13.7. The number of furan rings is 1. The third kappa shape index (κ3) is 2.34. The predicted octanol–water partition coefficient (Wildman–Crippen LogP) is 1.88. The Balaban J connectivity index is 1.63. The lowest BCUT2D eigenvalue weighted by Crippen LogP contribution is -2.39. The Bertz CT molecular complexity index is 918. The number of rotatable bonds is 3. The maximum atomic E-state index is 12.5. The number of amides is 1. The van der Waals surface area contributed by atoms with Crippen molar-refractivity contribution in [1.29, 1.82) is 0 Å². The maximum Gasteiger partial charge on any atom is 0.224 e.